The summed E-state index contributed by atoms with van der Waals surface area (Å²) < 4.78 is 27.5. The Kier molecular flexibility index (Phi) is 4.89. The summed E-state index contributed by atoms with van der Waals surface area (Å²) in [5.41, 5.74) is 1.13. The Morgan fingerprint density at radius 1 is 1.04 bits per heavy atom. The van der Waals surface area contributed by atoms with Crippen LogP contribution in [0.2, 0.25) is 10.0 Å². The molecule has 2 rings (SSSR count). The molecule has 0 spiro atoms. The molecule has 122 valence electrons. The summed E-state index contributed by atoms with van der Waals surface area (Å²) in [6.45, 7) is 3.26. The minimum absolute atomic E-state index is 0.0994. The van der Waals surface area contributed by atoms with Crippen molar-refractivity contribution in [1.29, 1.82) is 0 Å². The lowest BCUT2D eigenvalue weighted by Gasteiger charge is -2.13. The monoisotopic (exact) mass is 373 g/mol. The molecule has 0 heterocycles. The highest BCUT2D eigenvalue weighted by Gasteiger charge is 2.21. The third-order valence-electron chi connectivity index (χ3n) is 3.27. The van der Waals surface area contributed by atoms with E-state index < -0.39 is 16.0 Å². The van der Waals surface area contributed by atoms with Crippen molar-refractivity contribution in [3.05, 3.63) is 57.1 Å². The largest absolute Gasteiger partial charge is 0.478 e. The average molecular weight is 374 g/mol. The van der Waals surface area contributed by atoms with Crippen LogP contribution < -0.4 is 4.72 Å². The van der Waals surface area contributed by atoms with Gasteiger partial charge in [0.2, 0.25) is 0 Å². The molecule has 0 amide bonds. The summed E-state index contributed by atoms with van der Waals surface area (Å²) >= 11 is 11.7. The first-order chi connectivity index (χ1) is 10.6. The molecule has 0 unspecified atom stereocenters. The molecule has 0 aliphatic carbocycles. The Bertz CT molecular complexity index is 874. The van der Waals surface area contributed by atoms with Gasteiger partial charge in [0, 0.05) is 10.0 Å². The van der Waals surface area contributed by atoms with E-state index in [0.29, 0.717) is 11.1 Å². The Morgan fingerprint density at radius 3 is 2.13 bits per heavy atom. The summed E-state index contributed by atoms with van der Waals surface area (Å²) in [5, 5.41) is 9.66. The maximum atomic E-state index is 12.6. The predicted molar refractivity (Wildman–Crippen MR) is 90.1 cm³/mol. The number of halogens is 2. The number of hydrogen-bond acceptors (Lipinski definition) is 3. The van der Waals surface area contributed by atoms with Crippen LogP contribution in [0.4, 0.5) is 5.69 Å². The van der Waals surface area contributed by atoms with Gasteiger partial charge in [0.05, 0.1) is 16.1 Å². The van der Waals surface area contributed by atoms with E-state index in [2.05, 4.69) is 4.72 Å². The molecule has 0 saturated heterocycles. The van der Waals surface area contributed by atoms with Crippen LogP contribution in [0.1, 0.15) is 21.5 Å². The zero-order valence-corrected chi connectivity index (χ0v) is 14.6. The molecule has 23 heavy (non-hydrogen) atoms. The highest BCUT2D eigenvalue weighted by Crippen LogP contribution is 2.27. The molecule has 2 aromatic carbocycles. The van der Waals surface area contributed by atoms with E-state index in [-0.39, 0.29) is 26.2 Å². The molecule has 5 nitrogen and oxygen atoms in total. The van der Waals surface area contributed by atoms with E-state index in [0.717, 1.165) is 6.07 Å². The molecule has 0 aliphatic rings. The van der Waals surface area contributed by atoms with E-state index in [1.807, 2.05) is 0 Å². The molecule has 0 aliphatic heterocycles. The zero-order valence-electron chi connectivity index (χ0n) is 12.2. The van der Waals surface area contributed by atoms with Crippen molar-refractivity contribution < 1.29 is 18.3 Å². The van der Waals surface area contributed by atoms with Gasteiger partial charge in [-0.05, 0) is 55.3 Å². The second-order valence-corrected chi connectivity index (χ2v) is 7.51. The average Bonchev–Trinajstić information content (AvgIpc) is 2.39. The lowest BCUT2D eigenvalue weighted by molar-refractivity contribution is 0.0696. The van der Waals surface area contributed by atoms with Gasteiger partial charge in [0.15, 0.2) is 0 Å². The standard InChI is InChI=1S/C15H13Cl2NO4S/c1-8-3-10(15(19)20)4-14(9(8)2)23(21,22)18-13-6-11(16)5-12(17)7-13/h3-7,18H,1-2H3,(H,19,20). The maximum absolute atomic E-state index is 12.6. The number of aromatic carboxylic acids is 1. The van der Waals surface area contributed by atoms with Gasteiger partial charge in [-0.3, -0.25) is 4.72 Å². The molecule has 0 saturated carbocycles. The van der Waals surface area contributed by atoms with Gasteiger partial charge in [-0.2, -0.15) is 0 Å². The maximum Gasteiger partial charge on any atom is 0.335 e. The van der Waals surface area contributed by atoms with Crippen molar-refractivity contribution in [2.45, 2.75) is 18.7 Å². The Balaban J connectivity index is 2.53. The molecule has 8 heteroatoms. The Hall–Kier alpha value is -1.76. The quantitative estimate of drug-likeness (QED) is 0.844. The molecule has 0 aromatic heterocycles. The van der Waals surface area contributed by atoms with E-state index in [4.69, 9.17) is 28.3 Å². The molecule has 0 atom stereocenters. The summed E-state index contributed by atoms with van der Waals surface area (Å²) in [5.74, 6) is -1.20. The van der Waals surface area contributed by atoms with Crippen LogP contribution in [0.15, 0.2) is 35.2 Å². The van der Waals surface area contributed by atoms with Crippen molar-refractivity contribution in [1.82, 2.24) is 0 Å². The first-order valence-electron chi connectivity index (χ1n) is 6.43. The highest BCUT2D eigenvalue weighted by atomic mass is 35.5. The van der Waals surface area contributed by atoms with Gasteiger partial charge in [-0.1, -0.05) is 23.2 Å². The van der Waals surface area contributed by atoms with Crippen LogP contribution in [-0.2, 0) is 10.0 Å². The van der Waals surface area contributed by atoms with Crippen LogP contribution in [0.25, 0.3) is 0 Å². The molecule has 0 radical (unpaired) electrons. The van der Waals surface area contributed by atoms with E-state index in [1.165, 1.54) is 24.3 Å². The van der Waals surface area contributed by atoms with Gasteiger partial charge in [-0.15, -0.1) is 0 Å². The number of benzene rings is 2. The van der Waals surface area contributed by atoms with E-state index >= 15 is 0 Å². The van der Waals surface area contributed by atoms with Gasteiger partial charge >= 0.3 is 5.97 Å². The zero-order chi connectivity index (χ0) is 17.4. The van der Waals surface area contributed by atoms with Crippen molar-refractivity contribution in [2.75, 3.05) is 4.72 Å². The first kappa shape index (κ1) is 17.6. The van der Waals surface area contributed by atoms with E-state index in [1.54, 1.807) is 13.8 Å². The summed E-state index contributed by atoms with van der Waals surface area (Å²) in [6.07, 6.45) is 0. The normalized spacial score (nSPS) is 11.3. The summed E-state index contributed by atoms with van der Waals surface area (Å²) in [7, 11) is -3.99. The number of anilines is 1. The predicted octanol–water partition coefficient (Wildman–Crippen LogP) is 4.11. The van der Waals surface area contributed by atoms with Crippen molar-refractivity contribution >= 4 is 44.9 Å². The molecule has 0 fully saturated rings. The molecular weight excluding hydrogens is 361 g/mol. The number of nitrogens with one attached hydrogen (secondary N) is 1. The molecular formula is C15H13Cl2NO4S. The highest BCUT2D eigenvalue weighted by molar-refractivity contribution is 7.92. The topological polar surface area (TPSA) is 83.5 Å². The number of rotatable bonds is 4. The number of carbonyl (C=O) groups is 1. The van der Waals surface area contributed by atoms with Gasteiger partial charge in [0.25, 0.3) is 10.0 Å². The van der Waals surface area contributed by atoms with Crippen LogP contribution in [0, 0.1) is 13.8 Å². The molecule has 2 N–H and O–H groups in total. The molecule has 2 aromatic rings. The summed E-state index contributed by atoms with van der Waals surface area (Å²) in [4.78, 5) is 11.0. The van der Waals surface area contributed by atoms with Crippen molar-refractivity contribution in [2.24, 2.45) is 0 Å². The third kappa shape index (κ3) is 3.96. The van der Waals surface area contributed by atoms with Gasteiger partial charge in [-0.25, -0.2) is 13.2 Å². The van der Waals surface area contributed by atoms with Gasteiger partial charge < -0.3 is 5.11 Å². The second kappa shape index (κ2) is 6.39. The van der Waals surface area contributed by atoms with Crippen molar-refractivity contribution in [3.63, 3.8) is 0 Å². The number of carboxylic acids is 1. The van der Waals surface area contributed by atoms with Crippen LogP contribution in [-0.4, -0.2) is 19.5 Å². The third-order valence-corrected chi connectivity index (χ3v) is 5.21. The van der Waals surface area contributed by atoms with E-state index in [9.17, 15) is 13.2 Å². The number of sulfonamides is 1. The Labute approximate surface area is 143 Å². The van der Waals surface area contributed by atoms with Crippen LogP contribution in [0.3, 0.4) is 0 Å². The first-order valence-corrected chi connectivity index (χ1v) is 8.67. The smallest absolute Gasteiger partial charge is 0.335 e. The van der Waals surface area contributed by atoms with Crippen LogP contribution >= 0.6 is 23.2 Å². The fourth-order valence-corrected chi connectivity index (χ4v) is 3.96. The lowest BCUT2D eigenvalue weighted by Crippen LogP contribution is -2.16. The number of hydrogen-bond donors (Lipinski definition) is 2. The van der Waals surface area contributed by atoms with Crippen molar-refractivity contribution in [3.8, 4) is 0 Å². The fourth-order valence-electron chi connectivity index (χ4n) is 2.05. The Morgan fingerprint density at radius 2 is 1.61 bits per heavy atom. The SMILES string of the molecule is Cc1cc(C(=O)O)cc(S(=O)(=O)Nc2cc(Cl)cc(Cl)c2)c1C. The second-order valence-electron chi connectivity index (χ2n) is 4.99. The minimum atomic E-state index is -3.99. The molecule has 0 bridgehead atoms. The lowest BCUT2D eigenvalue weighted by atomic mass is 10.1. The minimum Gasteiger partial charge on any atom is -0.478 e. The summed E-state index contributed by atoms with van der Waals surface area (Å²) in [6, 6.07) is 6.84. The fraction of sp³-hybridized carbons (Fsp3) is 0.133. The van der Waals surface area contributed by atoms with Gasteiger partial charge in [0.1, 0.15) is 0 Å². The van der Waals surface area contributed by atoms with Crippen LogP contribution in [0.5, 0.6) is 0 Å². The number of carboxylic acid groups (broad SMARTS) is 1. The number of aryl methyl sites for hydroxylation is 1.